The minimum Gasteiger partial charge on any atom is -0.342 e. The molecule has 1 aliphatic carbocycles. The Morgan fingerprint density at radius 2 is 1.95 bits per heavy atom. The Balaban J connectivity index is 1.74. The highest BCUT2D eigenvalue weighted by Crippen LogP contribution is 2.35. The summed E-state index contributed by atoms with van der Waals surface area (Å²) >= 11 is 0. The molecule has 118 valence electrons. The summed E-state index contributed by atoms with van der Waals surface area (Å²) in [6, 6.07) is -0.125. The standard InChI is InChI=1S/C16H27N3O2/c1-3-13-15(20)17-14(11-7-8-11)16(21)19(13)10-12-6-4-5-9-18(12)2/h11-14H,3-10H2,1-2H3,(H,17,20). The van der Waals surface area contributed by atoms with Crippen LogP contribution in [0.2, 0.25) is 0 Å². The van der Waals surface area contributed by atoms with Gasteiger partial charge in [0.15, 0.2) is 0 Å². The molecule has 21 heavy (non-hydrogen) atoms. The fraction of sp³-hybridized carbons (Fsp3) is 0.875. The van der Waals surface area contributed by atoms with Crippen LogP contribution in [0, 0.1) is 5.92 Å². The van der Waals surface area contributed by atoms with Crippen LogP contribution in [0.3, 0.4) is 0 Å². The fourth-order valence-corrected chi connectivity index (χ4v) is 3.76. The largest absolute Gasteiger partial charge is 0.342 e. The molecule has 0 aromatic carbocycles. The predicted molar refractivity (Wildman–Crippen MR) is 80.7 cm³/mol. The topological polar surface area (TPSA) is 52.7 Å². The molecule has 3 unspecified atom stereocenters. The number of amides is 2. The van der Waals surface area contributed by atoms with Gasteiger partial charge in [-0.3, -0.25) is 9.59 Å². The van der Waals surface area contributed by atoms with Gasteiger partial charge in [0.2, 0.25) is 11.8 Å². The lowest BCUT2D eigenvalue weighted by Gasteiger charge is -2.43. The molecule has 0 bridgehead atoms. The van der Waals surface area contributed by atoms with Crippen molar-refractivity contribution in [1.29, 1.82) is 0 Å². The Morgan fingerprint density at radius 3 is 2.57 bits per heavy atom. The van der Waals surface area contributed by atoms with Crippen molar-refractivity contribution in [3.63, 3.8) is 0 Å². The highest BCUT2D eigenvalue weighted by molar-refractivity contribution is 5.97. The molecule has 1 N–H and O–H groups in total. The van der Waals surface area contributed by atoms with E-state index in [1.807, 2.05) is 11.8 Å². The van der Waals surface area contributed by atoms with Gasteiger partial charge < -0.3 is 15.1 Å². The van der Waals surface area contributed by atoms with Gasteiger partial charge in [-0.2, -0.15) is 0 Å². The molecule has 2 aliphatic heterocycles. The highest BCUT2D eigenvalue weighted by Gasteiger charge is 2.46. The summed E-state index contributed by atoms with van der Waals surface area (Å²) in [6.45, 7) is 3.80. The van der Waals surface area contributed by atoms with Crippen LogP contribution >= 0.6 is 0 Å². The first-order chi connectivity index (χ1) is 10.1. The third-order valence-corrected chi connectivity index (χ3v) is 5.33. The molecule has 0 spiro atoms. The molecule has 0 radical (unpaired) electrons. The molecule has 0 aromatic heterocycles. The van der Waals surface area contributed by atoms with Crippen molar-refractivity contribution in [3.05, 3.63) is 0 Å². The lowest BCUT2D eigenvalue weighted by Crippen LogP contribution is -2.65. The van der Waals surface area contributed by atoms with Gasteiger partial charge in [0.1, 0.15) is 12.1 Å². The molecule has 2 heterocycles. The van der Waals surface area contributed by atoms with E-state index in [9.17, 15) is 9.59 Å². The molecule has 2 saturated heterocycles. The minimum absolute atomic E-state index is 0.0486. The maximum Gasteiger partial charge on any atom is 0.246 e. The molecular formula is C16H27N3O2. The van der Waals surface area contributed by atoms with Crippen LogP contribution in [-0.2, 0) is 9.59 Å². The van der Waals surface area contributed by atoms with E-state index >= 15 is 0 Å². The number of nitrogens with zero attached hydrogens (tertiary/aromatic N) is 2. The number of piperazine rings is 1. The van der Waals surface area contributed by atoms with Crippen molar-refractivity contribution in [3.8, 4) is 0 Å². The number of likely N-dealkylation sites (N-methyl/N-ethyl adjacent to an activating group) is 1. The number of carbonyl (C=O) groups is 2. The molecule has 0 aromatic rings. The normalized spacial score (nSPS) is 35.0. The zero-order valence-corrected chi connectivity index (χ0v) is 13.2. The second-order valence-electron chi connectivity index (χ2n) is 6.87. The summed E-state index contributed by atoms with van der Waals surface area (Å²) in [5.41, 5.74) is 0. The van der Waals surface area contributed by atoms with Crippen molar-refractivity contribution < 1.29 is 9.59 Å². The van der Waals surface area contributed by atoms with E-state index in [1.165, 1.54) is 12.8 Å². The SMILES string of the molecule is CCC1C(=O)NC(C2CC2)C(=O)N1CC1CCCCN1C. The summed E-state index contributed by atoms with van der Waals surface area (Å²) in [5, 5.41) is 2.96. The lowest BCUT2D eigenvalue weighted by molar-refractivity contribution is -0.151. The molecule has 5 heteroatoms. The summed E-state index contributed by atoms with van der Waals surface area (Å²) < 4.78 is 0. The number of hydrogen-bond donors (Lipinski definition) is 1. The number of likely N-dealkylation sites (tertiary alicyclic amines) is 1. The fourth-order valence-electron chi connectivity index (χ4n) is 3.76. The van der Waals surface area contributed by atoms with Crippen LogP contribution in [0.15, 0.2) is 0 Å². The zero-order chi connectivity index (χ0) is 15.0. The van der Waals surface area contributed by atoms with Gasteiger partial charge >= 0.3 is 0 Å². The Kier molecular flexibility index (Phi) is 4.20. The van der Waals surface area contributed by atoms with E-state index in [2.05, 4.69) is 17.3 Å². The van der Waals surface area contributed by atoms with Crippen molar-refractivity contribution >= 4 is 11.8 Å². The minimum atomic E-state index is -0.275. The molecule has 3 atom stereocenters. The Morgan fingerprint density at radius 1 is 1.19 bits per heavy atom. The zero-order valence-electron chi connectivity index (χ0n) is 13.2. The first kappa shape index (κ1) is 14.8. The number of nitrogens with one attached hydrogen (secondary N) is 1. The summed E-state index contributed by atoms with van der Waals surface area (Å²) in [6.07, 6.45) is 6.45. The Labute approximate surface area is 127 Å². The number of carbonyl (C=O) groups excluding carboxylic acids is 2. The second kappa shape index (κ2) is 5.95. The average Bonchev–Trinajstić information content (AvgIpc) is 3.29. The van der Waals surface area contributed by atoms with Crippen molar-refractivity contribution in [1.82, 2.24) is 15.1 Å². The van der Waals surface area contributed by atoms with E-state index in [1.54, 1.807) is 0 Å². The van der Waals surface area contributed by atoms with Gasteiger partial charge in [0, 0.05) is 12.6 Å². The molecule has 5 nitrogen and oxygen atoms in total. The van der Waals surface area contributed by atoms with Gasteiger partial charge in [-0.05, 0) is 51.6 Å². The van der Waals surface area contributed by atoms with Crippen molar-refractivity contribution in [2.45, 2.75) is 63.6 Å². The van der Waals surface area contributed by atoms with Crippen LogP contribution < -0.4 is 5.32 Å². The van der Waals surface area contributed by atoms with Crippen LogP contribution in [0.1, 0.15) is 45.4 Å². The number of piperidine rings is 1. The second-order valence-corrected chi connectivity index (χ2v) is 6.87. The molecule has 3 rings (SSSR count). The van der Waals surface area contributed by atoms with E-state index in [0.717, 1.165) is 25.8 Å². The monoisotopic (exact) mass is 293 g/mol. The Bertz CT molecular complexity index is 422. The van der Waals surface area contributed by atoms with E-state index in [4.69, 9.17) is 0 Å². The van der Waals surface area contributed by atoms with Crippen LogP contribution in [-0.4, -0.2) is 59.9 Å². The van der Waals surface area contributed by atoms with Crippen LogP contribution in [0.4, 0.5) is 0 Å². The van der Waals surface area contributed by atoms with Gasteiger partial charge in [0.25, 0.3) is 0 Å². The summed E-state index contributed by atoms with van der Waals surface area (Å²) in [5.74, 6) is 0.584. The van der Waals surface area contributed by atoms with Gasteiger partial charge in [-0.15, -0.1) is 0 Å². The molecule has 3 aliphatic rings. The third kappa shape index (κ3) is 2.93. The predicted octanol–water partition coefficient (Wildman–Crippen LogP) is 0.986. The quantitative estimate of drug-likeness (QED) is 0.841. The maximum absolute atomic E-state index is 12.8. The van der Waals surface area contributed by atoms with Gasteiger partial charge in [0.05, 0.1) is 0 Å². The number of rotatable bonds is 4. The van der Waals surface area contributed by atoms with E-state index in [-0.39, 0.29) is 23.9 Å². The molecular weight excluding hydrogens is 266 g/mol. The van der Waals surface area contributed by atoms with Crippen molar-refractivity contribution in [2.75, 3.05) is 20.1 Å². The summed E-state index contributed by atoms with van der Waals surface area (Å²) in [7, 11) is 2.14. The highest BCUT2D eigenvalue weighted by atomic mass is 16.2. The molecule has 3 fully saturated rings. The summed E-state index contributed by atoms with van der Waals surface area (Å²) in [4.78, 5) is 29.4. The molecule has 1 saturated carbocycles. The van der Waals surface area contributed by atoms with Crippen molar-refractivity contribution in [2.24, 2.45) is 5.92 Å². The third-order valence-electron chi connectivity index (χ3n) is 5.33. The smallest absolute Gasteiger partial charge is 0.246 e. The Hall–Kier alpha value is -1.10. The van der Waals surface area contributed by atoms with Gasteiger partial charge in [-0.1, -0.05) is 13.3 Å². The van der Waals surface area contributed by atoms with Gasteiger partial charge in [-0.25, -0.2) is 0 Å². The van der Waals surface area contributed by atoms with E-state index in [0.29, 0.717) is 24.9 Å². The molecule has 2 amide bonds. The first-order valence-electron chi connectivity index (χ1n) is 8.43. The van der Waals surface area contributed by atoms with E-state index < -0.39 is 0 Å². The average molecular weight is 293 g/mol. The van der Waals surface area contributed by atoms with Crippen LogP contribution in [0.5, 0.6) is 0 Å². The first-order valence-corrected chi connectivity index (χ1v) is 8.43. The van der Waals surface area contributed by atoms with Crippen LogP contribution in [0.25, 0.3) is 0 Å². The lowest BCUT2D eigenvalue weighted by atomic mass is 9.97. The number of hydrogen-bond acceptors (Lipinski definition) is 3. The maximum atomic E-state index is 12.8.